The van der Waals surface area contributed by atoms with Crippen LogP contribution in [0.25, 0.3) is 0 Å². The molecule has 0 heterocycles. The molecule has 0 aromatic heterocycles. The molecule has 1 N–H and O–H groups in total. The van der Waals surface area contributed by atoms with E-state index in [1.54, 1.807) is 6.07 Å². The number of nitrogens with one attached hydrogen (secondary N) is 1. The second-order valence-corrected chi connectivity index (χ2v) is 6.00. The second-order valence-electron chi connectivity index (χ2n) is 3.90. The van der Waals surface area contributed by atoms with Crippen LogP contribution >= 0.6 is 38.5 Å². The zero-order valence-corrected chi connectivity index (χ0v) is 13.5. The average Bonchev–Trinajstić information content (AvgIpc) is 2.37. The quantitative estimate of drug-likeness (QED) is 0.437. The Kier molecular flexibility index (Phi) is 4.76. The van der Waals surface area contributed by atoms with Gasteiger partial charge in [-0.2, -0.15) is 0 Å². The van der Waals surface area contributed by atoms with Gasteiger partial charge in [-0.1, -0.05) is 22.0 Å². The van der Waals surface area contributed by atoms with Crippen molar-refractivity contribution in [1.29, 1.82) is 0 Å². The number of hydrogen-bond donors (Lipinski definition) is 1. The highest BCUT2D eigenvalue weighted by Crippen LogP contribution is 2.24. The number of hydrogen-bond acceptors (Lipinski definition) is 3. The number of halogens is 2. The third-order valence-electron chi connectivity index (χ3n) is 2.56. The zero-order valence-electron chi connectivity index (χ0n) is 9.77. The van der Waals surface area contributed by atoms with Gasteiger partial charge in [-0.05, 0) is 52.4 Å². The summed E-state index contributed by atoms with van der Waals surface area (Å²) in [6.45, 7) is 0.610. The van der Waals surface area contributed by atoms with E-state index in [9.17, 15) is 10.1 Å². The Morgan fingerprint density at radius 1 is 1.26 bits per heavy atom. The summed E-state index contributed by atoms with van der Waals surface area (Å²) in [5.74, 6) is 0. The van der Waals surface area contributed by atoms with Gasteiger partial charge in [-0.15, -0.1) is 0 Å². The van der Waals surface area contributed by atoms with Crippen molar-refractivity contribution in [3.8, 4) is 0 Å². The molecule has 0 saturated carbocycles. The fraction of sp³-hybridized carbons (Fsp3) is 0.0769. The van der Waals surface area contributed by atoms with E-state index < -0.39 is 4.92 Å². The van der Waals surface area contributed by atoms with Crippen LogP contribution in [0.1, 0.15) is 5.56 Å². The van der Waals surface area contributed by atoms with Crippen molar-refractivity contribution in [3.05, 3.63) is 66.2 Å². The van der Waals surface area contributed by atoms with Crippen LogP contribution in [0, 0.1) is 13.7 Å². The van der Waals surface area contributed by atoms with Gasteiger partial charge in [0.15, 0.2) is 0 Å². The third kappa shape index (κ3) is 3.90. The first-order valence-electron chi connectivity index (χ1n) is 5.48. The predicted molar refractivity (Wildman–Crippen MR) is 87.3 cm³/mol. The molecule has 0 fully saturated rings. The van der Waals surface area contributed by atoms with Gasteiger partial charge >= 0.3 is 0 Å². The summed E-state index contributed by atoms with van der Waals surface area (Å²) in [5, 5.41) is 13.9. The topological polar surface area (TPSA) is 55.2 Å². The zero-order chi connectivity index (χ0) is 13.8. The first kappa shape index (κ1) is 14.3. The molecule has 2 rings (SSSR count). The third-order valence-corrected chi connectivity index (χ3v) is 3.96. The smallest absolute Gasteiger partial charge is 0.270 e. The Morgan fingerprint density at radius 3 is 2.68 bits per heavy atom. The van der Waals surface area contributed by atoms with E-state index in [0.717, 1.165) is 19.3 Å². The summed E-state index contributed by atoms with van der Waals surface area (Å²) < 4.78 is 1.89. The van der Waals surface area contributed by atoms with Gasteiger partial charge in [0, 0.05) is 32.4 Å². The molecule has 19 heavy (non-hydrogen) atoms. The highest BCUT2D eigenvalue weighted by molar-refractivity contribution is 14.1. The summed E-state index contributed by atoms with van der Waals surface area (Å²) in [6.07, 6.45) is 0. The van der Waals surface area contributed by atoms with Crippen LogP contribution in [0.4, 0.5) is 11.4 Å². The average molecular weight is 433 g/mol. The van der Waals surface area contributed by atoms with Crippen LogP contribution in [0.15, 0.2) is 46.9 Å². The number of anilines is 1. The van der Waals surface area contributed by atoms with E-state index in [4.69, 9.17) is 0 Å². The van der Waals surface area contributed by atoms with Crippen LogP contribution in [0.5, 0.6) is 0 Å². The molecule has 4 nitrogen and oxygen atoms in total. The lowest BCUT2D eigenvalue weighted by Gasteiger charge is -2.08. The molecule has 0 amide bonds. The predicted octanol–water partition coefficient (Wildman–Crippen LogP) is 4.57. The van der Waals surface area contributed by atoms with Gasteiger partial charge < -0.3 is 5.32 Å². The van der Waals surface area contributed by atoms with Gasteiger partial charge in [0.1, 0.15) is 0 Å². The molecule has 0 bridgehead atoms. The van der Waals surface area contributed by atoms with Crippen molar-refractivity contribution < 1.29 is 4.92 Å². The number of benzene rings is 2. The van der Waals surface area contributed by atoms with Crippen molar-refractivity contribution in [3.63, 3.8) is 0 Å². The monoisotopic (exact) mass is 432 g/mol. The molecule has 0 radical (unpaired) electrons. The molecule has 0 atom stereocenters. The van der Waals surface area contributed by atoms with Crippen molar-refractivity contribution in [2.75, 3.05) is 5.32 Å². The molecule has 6 heteroatoms. The summed E-state index contributed by atoms with van der Waals surface area (Å²) in [4.78, 5) is 10.2. The standard InChI is InChI=1S/C13H10BrIN2O2/c14-13-7-12(17(18)19)5-4-9(13)8-16-11-3-1-2-10(15)6-11/h1-7,16H,8H2. The lowest BCUT2D eigenvalue weighted by atomic mass is 10.2. The van der Waals surface area contributed by atoms with Crippen molar-refractivity contribution in [1.82, 2.24) is 0 Å². The number of rotatable bonds is 4. The number of nitrogens with zero attached hydrogens (tertiary/aromatic N) is 1. The molecule has 0 aliphatic carbocycles. The minimum Gasteiger partial charge on any atom is -0.381 e. The fourth-order valence-electron chi connectivity index (χ4n) is 1.59. The Morgan fingerprint density at radius 2 is 2.05 bits per heavy atom. The first-order chi connectivity index (χ1) is 9.06. The Bertz CT molecular complexity index is 619. The Hall–Kier alpha value is -1.15. The molecular weight excluding hydrogens is 423 g/mol. The SMILES string of the molecule is O=[N+]([O-])c1ccc(CNc2cccc(I)c2)c(Br)c1. The van der Waals surface area contributed by atoms with Crippen LogP contribution in [0.2, 0.25) is 0 Å². The van der Waals surface area contributed by atoms with E-state index in [0.29, 0.717) is 6.54 Å². The summed E-state index contributed by atoms with van der Waals surface area (Å²) in [7, 11) is 0. The minimum atomic E-state index is -0.401. The maximum atomic E-state index is 10.6. The summed E-state index contributed by atoms with van der Waals surface area (Å²) >= 11 is 5.61. The van der Waals surface area contributed by atoms with Gasteiger partial charge in [0.25, 0.3) is 5.69 Å². The highest BCUT2D eigenvalue weighted by Gasteiger charge is 2.08. The molecule has 0 aliphatic heterocycles. The molecule has 98 valence electrons. The summed E-state index contributed by atoms with van der Waals surface area (Å²) in [5.41, 5.74) is 2.09. The van der Waals surface area contributed by atoms with E-state index in [1.807, 2.05) is 24.3 Å². The largest absolute Gasteiger partial charge is 0.381 e. The Balaban J connectivity index is 2.10. The maximum Gasteiger partial charge on any atom is 0.270 e. The Labute approximate surface area is 132 Å². The highest BCUT2D eigenvalue weighted by atomic mass is 127. The van der Waals surface area contributed by atoms with E-state index in [2.05, 4.69) is 43.8 Å². The van der Waals surface area contributed by atoms with Crippen molar-refractivity contribution in [2.24, 2.45) is 0 Å². The van der Waals surface area contributed by atoms with Crippen LogP contribution in [-0.2, 0) is 6.54 Å². The first-order valence-corrected chi connectivity index (χ1v) is 7.35. The normalized spacial score (nSPS) is 10.2. The molecule has 0 saturated heterocycles. The fourth-order valence-corrected chi connectivity index (χ4v) is 2.64. The lowest BCUT2D eigenvalue weighted by molar-refractivity contribution is -0.384. The molecule has 0 unspecified atom stereocenters. The van der Waals surface area contributed by atoms with Crippen molar-refractivity contribution >= 4 is 49.9 Å². The lowest BCUT2D eigenvalue weighted by Crippen LogP contribution is -2.01. The number of nitro benzene ring substituents is 1. The van der Waals surface area contributed by atoms with Crippen LogP contribution in [-0.4, -0.2) is 4.92 Å². The number of non-ortho nitro benzene ring substituents is 1. The van der Waals surface area contributed by atoms with E-state index in [1.165, 1.54) is 12.1 Å². The minimum absolute atomic E-state index is 0.0879. The summed E-state index contributed by atoms with van der Waals surface area (Å²) in [6, 6.07) is 12.8. The van der Waals surface area contributed by atoms with Gasteiger partial charge in [0.05, 0.1) is 4.92 Å². The van der Waals surface area contributed by atoms with E-state index >= 15 is 0 Å². The van der Waals surface area contributed by atoms with E-state index in [-0.39, 0.29) is 5.69 Å². The van der Waals surface area contributed by atoms with Gasteiger partial charge in [0.2, 0.25) is 0 Å². The molecule has 0 aliphatic rings. The van der Waals surface area contributed by atoms with Crippen LogP contribution in [0.3, 0.4) is 0 Å². The molecule has 2 aromatic carbocycles. The second kappa shape index (κ2) is 6.33. The van der Waals surface area contributed by atoms with Gasteiger partial charge in [-0.25, -0.2) is 0 Å². The molecule has 0 spiro atoms. The van der Waals surface area contributed by atoms with Crippen molar-refractivity contribution in [2.45, 2.75) is 6.54 Å². The van der Waals surface area contributed by atoms with Crippen LogP contribution < -0.4 is 5.32 Å². The maximum absolute atomic E-state index is 10.6. The number of nitro groups is 1. The van der Waals surface area contributed by atoms with Gasteiger partial charge in [-0.3, -0.25) is 10.1 Å². The molecule has 2 aromatic rings. The molecular formula is C13H10BrIN2O2.